The zero-order valence-electron chi connectivity index (χ0n) is 11.2. The topological polar surface area (TPSA) is 71.3 Å². The molecular weight excluding hydrogens is 275 g/mol. The van der Waals surface area contributed by atoms with Gasteiger partial charge in [0, 0.05) is 6.08 Å². The molecule has 0 saturated heterocycles. The highest BCUT2D eigenvalue weighted by Gasteiger charge is 2.10. The van der Waals surface area contributed by atoms with Crippen LogP contribution in [0.4, 0.5) is 4.39 Å². The molecule has 0 spiro atoms. The fraction of sp³-hybridized carbons (Fsp3) is 0.0667. The first kappa shape index (κ1) is 14.5. The number of benzene rings is 1. The number of hydrogen-bond donors (Lipinski definition) is 2. The monoisotopic (exact) mass is 288 g/mol. The highest BCUT2D eigenvalue weighted by molar-refractivity contribution is 5.97. The quantitative estimate of drug-likeness (QED) is 0.672. The maximum Gasteiger partial charge on any atom is 0.272 e. The Morgan fingerprint density at radius 1 is 1.14 bits per heavy atom. The summed E-state index contributed by atoms with van der Waals surface area (Å²) >= 11 is 0. The molecule has 0 bridgehead atoms. The van der Waals surface area contributed by atoms with E-state index in [9.17, 15) is 14.0 Å². The summed E-state index contributed by atoms with van der Waals surface area (Å²) in [6.45, 7) is 1.78. The molecule has 1 aromatic heterocycles. The standard InChI is InChI=1S/C15H13FN2O3/c1-10-6-7-11(21-10)8-9-14(19)17-18-15(20)12-4-2-3-5-13(12)16/h2-9H,1H3,(H,17,19)(H,18,20)/b9-8+. The Balaban J connectivity index is 1.88. The van der Waals surface area contributed by atoms with Gasteiger partial charge in [0.2, 0.25) is 0 Å². The average Bonchev–Trinajstić information content (AvgIpc) is 2.89. The second-order valence-corrected chi connectivity index (χ2v) is 4.20. The number of halogens is 1. The Bertz CT molecular complexity index is 692. The van der Waals surface area contributed by atoms with Crippen LogP contribution >= 0.6 is 0 Å². The van der Waals surface area contributed by atoms with Crippen molar-refractivity contribution in [2.45, 2.75) is 6.92 Å². The first-order valence-electron chi connectivity index (χ1n) is 6.15. The molecule has 0 aliphatic heterocycles. The highest BCUT2D eigenvalue weighted by Crippen LogP contribution is 2.07. The van der Waals surface area contributed by atoms with E-state index in [1.807, 2.05) is 0 Å². The van der Waals surface area contributed by atoms with Gasteiger partial charge in [-0.1, -0.05) is 12.1 Å². The summed E-state index contributed by atoms with van der Waals surface area (Å²) in [5.74, 6) is -0.714. The van der Waals surface area contributed by atoms with Crippen LogP contribution in [-0.2, 0) is 4.79 Å². The molecule has 5 nitrogen and oxygen atoms in total. The van der Waals surface area contributed by atoms with Gasteiger partial charge >= 0.3 is 0 Å². The van der Waals surface area contributed by atoms with Gasteiger partial charge < -0.3 is 4.42 Å². The molecule has 0 unspecified atom stereocenters. The third-order valence-corrected chi connectivity index (χ3v) is 2.58. The highest BCUT2D eigenvalue weighted by atomic mass is 19.1. The first-order valence-corrected chi connectivity index (χ1v) is 6.15. The molecule has 0 atom stereocenters. The molecule has 0 saturated carbocycles. The van der Waals surface area contributed by atoms with Crippen LogP contribution in [-0.4, -0.2) is 11.8 Å². The number of amides is 2. The van der Waals surface area contributed by atoms with Crippen LogP contribution in [0.25, 0.3) is 6.08 Å². The fourth-order valence-corrected chi connectivity index (χ4v) is 1.57. The van der Waals surface area contributed by atoms with Crippen LogP contribution in [0.15, 0.2) is 46.9 Å². The van der Waals surface area contributed by atoms with E-state index < -0.39 is 17.6 Å². The summed E-state index contributed by atoms with van der Waals surface area (Å²) in [6.07, 6.45) is 2.65. The molecule has 2 rings (SSSR count). The van der Waals surface area contributed by atoms with Gasteiger partial charge in [0.05, 0.1) is 5.56 Å². The van der Waals surface area contributed by atoms with Crippen molar-refractivity contribution < 1.29 is 18.4 Å². The van der Waals surface area contributed by atoms with Crippen molar-refractivity contribution in [2.24, 2.45) is 0 Å². The number of hydrazine groups is 1. The summed E-state index contributed by atoms with van der Waals surface area (Å²) in [5.41, 5.74) is 4.12. The lowest BCUT2D eigenvalue weighted by Crippen LogP contribution is -2.41. The predicted molar refractivity (Wildman–Crippen MR) is 74.5 cm³/mol. The van der Waals surface area contributed by atoms with E-state index >= 15 is 0 Å². The smallest absolute Gasteiger partial charge is 0.272 e. The summed E-state index contributed by atoms with van der Waals surface area (Å²) in [7, 11) is 0. The minimum Gasteiger partial charge on any atom is -0.462 e. The Labute approximate surface area is 120 Å². The minimum absolute atomic E-state index is 0.150. The van der Waals surface area contributed by atoms with Gasteiger partial charge in [0.25, 0.3) is 11.8 Å². The van der Waals surface area contributed by atoms with Gasteiger partial charge in [-0.3, -0.25) is 20.4 Å². The number of aryl methyl sites for hydroxylation is 1. The number of furan rings is 1. The van der Waals surface area contributed by atoms with E-state index in [-0.39, 0.29) is 5.56 Å². The number of rotatable bonds is 3. The van der Waals surface area contributed by atoms with Gasteiger partial charge in [-0.25, -0.2) is 4.39 Å². The van der Waals surface area contributed by atoms with Crippen molar-refractivity contribution in [2.75, 3.05) is 0 Å². The first-order chi connectivity index (χ1) is 10.1. The van der Waals surface area contributed by atoms with Gasteiger partial charge in [-0.05, 0) is 37.3 Å². The molecule has 0 radical (unpaired) electrons. The number of nitrogens with one attached hydrogen (secondary N) is 2. The van der Waals surface area contributed by atoms with Gasteiger partial charge in [0.15, 0.2) is 0 Å². The zero-order valence-corrected chi connectivity index (χ0v) is 11.2. The van der Waals surface area contributed by atoms with Gasteiger partial charge in [-0.2, -0.15) is 0 Å². The number of hydrogen-bond acceptors (Lipinski definition) is 3. The van der Waals surface area contributed by atoms with Crippen LogP contribution in [0.5, 0.6) is 0 Å². The summed E-state index contributed by atoms with van der Waals surface area (Å²) in [5, 5.41) is 0. The second kappa shape index (κ2) is 6.51. The van der Waals surface area contributed by atoms with Crippen LogP contribution in [0, 0.1) is 12.7 Å². The van der Waals surface area contributed by atoms with E-state index in [0.717, 1.165) is 11.8 Å². The van der Waals surface area contributed by atoms with Crippen molar-refractivity contribution in [3.63, 3.8) is 0 Å². The Morgan fingerprint density at radius 3 is 2.57 bits per heavy atom. The Hall–Kier alpha value is -2.89. The predicted octanol–water partition coefficient (Wildman–Crippen LogP) is 2.20. The van der Waals surface area contributed by atoms with Crippen molar-refractivity contribution in [3.8, 4) is 0 Å². The van der Waals surface area contributed by atoms with E-state index in [1.165, 1.54) is 30.4 Å². The fourth-order valence-electron chi connectivity index (χ4n) is 1.57. The second-order valence-electron chi connectivity index (χ2n) is 4.20. The van der Waals surface area contributed by atoms with Crippen LogP contribution in [0.2, 0.25) is 0 Å². The van der Waals surface area contributed by atoms with Gasteiger partial charge in [0.1, 0.15) is 17.3 Å². The summed E-state index contributed by atoms with van der Waals surface area (Å²) in [4.78, 5) is 23.1. The summed E-state index contributed by atoms with van der Waals surface area (Å²) in [6, 6.07) is 8.94. The van der Waals surface area contributed by atoms with Crippen molar-refractivity contribution in [3.05, 3.63) is 65.4 Å². The van der Waals surface area contributed by atoms with Crippen molar-refractivity contribution >= 4 is 17.9 Å². The van der Waals surface area contributed by atoms with Crippen molar-refractivity contribution in [1.29, 1.82) is 0 Å². The van der Waals surface area contributed by atoms with E-state index in [1.54, 1.807) is 19.1 Å². The third kappa shape index (κ3) is 4.04. The third-order valence-electron chi connectivity index (χ3n) is 2.58. The molecule has 0 aliphatic carbocycles. The molecule has 2 amide bonds. The van der Waals surface area contributed by atoms with Crippen molar-refractivity contribution in [1.82, 2.24) is 10.9 Å². The number of carbonyl (C=O) groups excluding carboxylic acids is 2. The lowest BCUT2D eigenvalue weighted by atomic mass is 10.2. The van der Waals surface area contributed by atoms with Crippen LogP contribution < -0.4 is 10.9 Å². The SMILES string of the molecule is Cc1ccc(/C=C/C(=O)NNC(=O)c2ccccc2F)o1. The minimum atomic E-state index is -0.733. The molecule has 0 aliphatic rings. The Morgan fingerprint density at radius 2 is 1.90 bits per heavy atom. The molecular formula is C15H13FN2O3. The molecule has 1 heterocycles. The molecule has 6 heteroatoms. The van der Waals surface area contributed by atoms with E-state index in [0.29, 0.717) is 5.76 Å². The van der Waals surface area contributed by atoms with Crippen LogP contribution in [0.1, 0.15) is 21.9 Å². The van der Waals surface area contributed by atoms with Crippen LogP contribution in [0.3, 0.4) is 0 Å². The maximum atomic E-state index is 13.3. The molecule has 1 aromatic carbocycles. The van der Waals surface area contributed by atoms with E-state index in [2.05, 4.69) is 10.9 Å². The summed E-state index contributed by atoms with van der Waals surface area (Å²) < 4.78 is 18.6. The zero-order chi connectivity index (χ0) is 15.2. The molecule has 0 fully saturated rings. The molecule has 108 valence electrons. The van der Waals surface area contributed by atoms with E-state index in [4.69, 9.17) is 4.42 Å². The normalized spacial score (nSPS) is 10.6. The molecule has 2 aromatic rings. The van der Waals surface area contributed by atoms with Gasteiger partial charge in [-0.15, -0.1) is 0 Å². The molecule has 2 N–H and O–H groups in total. The largest absolute Gasteiger partial charge is 0.462 e. The lowest BCUT2D eigenvalue weighted by Gasteiger charge is -2.05. The average molecular weight is 288 g/mol. The Kier molecular flexibility index (Phi) is 4.50. The molecule has 21 heavy (non-hydrogen) atoms. The lowest BCUT2D eigenvalue weighted by molar-refractivity contribution is -0.117. The maximum absolute atomic E-state index is 13.3. The number of carbonyl (C=O) groups is 2.